The zero-order valence-corrected chi connectivity index (χ0v) is 16.7. The molecular formula is C20H29N2OPS. The molecule has 1 aliphatic carbocycles. The Labute approximate surface area is 157 Å². The fourth-order valence-corrected chi connectivity index (χ4v) is 9.75. The highest BCUT2D eigenvalue weighted by molar-refractivity contribution is 8.17. The highest BCUT2D eigenvalue weighted by atomic mass is 32.4. The highest BCUT2D eigenvalue weighted by Crippen LogP contribution is 2.59. The largest absolute Gasteiger partial charge is 0.378 e. The van der Waals surface area contributed by atoms with E-state index in [-0.39, 0.29) is 0 Å². The van der Waals surface area contributed by atoms with Crippen molar-refractivity contribution in [3.63, 3.8) is 0 Å². The third kappa shape index (κ3) is 3.47. The molecule has 0 spiro atoms. The van der Waals surface area contributed by atoms with Crippen molar-refractivity contribution in [2.75, 3.05) is 39.4 Å². The van der Waals surface area contributed by atoms with Crippen LogP contribution in [0, 0.1) is 0 Å². The van der Waals surface area contributed by atoms with Crippen molar-refractivity contribution >= 4 is 23.3 Å². The van der Waals surface area contributed by atoms with Gasteiger partial charge in [0.15, 0.2) is 0 Å². The minimum Gasteiger partial charge on any atom is -0.378 e. The maximum atomic E-state index is 6.63. The number of hydrogen-bond acceptors (Lipinski definition) is 3. The van der Waals surface area contributed by atoms with E-state index in [4.69, 9.17) is 16.5 Å². The predicted octanol–water partition coefficient (Wildman–Crippen LogP) is 3.57. The maximum Gasteiger partial charge on any atom is 0.0642 e. The van der Waals surface area contributed by atoms with Crippen LogP contribution >= 0.6 is 6.19 Å². The molecule has 0 bridgehead atoms. The molecule has 3 aliphatic rings. The molecule has 25 heavy (non-hydrogen) atoms. The molecule has 2 saturated heterocycles. The van der Waals surface area contributed by atoms with Gasteiger partial charge in [-0.1, -0.05) is 48.2 Å². The van der Waals surface area contributed by atoms with Crippen molar-refractivity contribution in [1.29, 1.82) is 0 Å². The van der Waals surface area contributed by atoms with Crippen molar-refractivity contribution in [1.82, 2.24) is 9.57 Å². The topological polar surface area (TPSA) is 15.7 Å². The van der Waals surface area contributed by atoms with Gasteiger partial charge >= 0.3 is 0 Å². The van der Waals surface area contributed by atoms with Crippen LogP contribution in [-0.4, -0.2) is 54.6 Å². The molecular weight excluding hydrogens is 347 g/mol. The molecule has 136 valence electrons. The molecule has 0 N–H and O–H groups in total. The quantitative estimate of drug-likeness (QED) is 0.746. The van der Waals surface area contributed by atoms with Gasteiger partial charge in [0.25, 0.3) is 0 Å². The second-order valence-corrected chi connectivity index (χ2v) is 11.9. The molecule has 2 unspecified atom stereocenters. The smallest absolute Gasteiger partial charge is 0.0642 e. The number of allylic oxidation sites excluding steroid dienone is 2. The van der Waals surface area contributed by atoms with Gasteiger partial charge < -0.3 is 9.64 Å². The lowest BCUT2D eigenvalue weighted by Gasteiger charge is -2.45. The molecule has 0 radical (unpaired) electrons. The fourth-order valence-electron chi connectivity index (χ4n) is 4.54. The van der Waals surface area contributed by atoms with Crippen molar-refractivity contribution < 1.29 is 4.74 Å². The van der Waals surface area contributed by atoms with E-state index >= 15 is 0 Å². The monoisotopic (exact) mass is 376 g/mol. The molecule has 4 rings (SSSR count). The molecule has 3 nitrogen and oxygen atoms in total. The molecule has 0 saturated carbocycles. The molecule has 2 fully saturated rings. The summed E-state index contributed by atoms with van der Waals surface area (Å²) in [5, 5.41) is 1.41. The normalized spacial score (nSPS) is 27.8. The highest BCUT2D eigenvalue weighted by Gasteiger charge is 2.41. The lowest BCUT2D eigenvalue weighted by atomic mass is 10.0. The number of ether oxygens (including phenoxy) is 1. The Morgan fingerprint density at radius 3 is 2.40 bits per heavy atom. The molecule has 2 aliphatic heterocycles. The van der Waals surface area contributed by atoms with Crippen LogP contribution in [0.25, 0.3) is 0 Å². The summed E-state index contributed by atoms with van der Waals surface area (Å²) in [4.78, 5) is 2.58. The molecule has 0 amide bonds. The van der Waals surface area contributed by atoms with E-state index in [1.165, 1.54) is 56.2 Å². The van der Waals surface area contributed by atoms with E-state index in [1.54, 1.807) is 0 Å². The Hall–Kier alpha value is -0.670. The van der Waals surface area contributed by atoms with Crippen molar-refractivity contribution in [2.45, 2.75) is 37.8 Å². The molecule has 2 atom stereocenters. The van der Waals surface area contributed by atoms with Gasteiger partial charge in [0.1, 0.15) is 0 Å². The summed E-state index contributed by atoms with van der Waals surface area (Å²) in [5.74, 6) is 0. The zero-order valence-electron chi connectivity index (χ0n) is 15.0. The standard InChI is InChI=1S/C20H29N2OPS/c25-24(22-12-6-7-13-22,18-8-2-1-3-9-18)20-11-5-4-10-19(20)21-14-16-23-17-15-21/h1-3,8-10,20H,4-7,11-17H2. The lowest BCUT2D eigenvalue weighted by Crippen LogP contribution is -2.42. The molecule has 1 aromatic rings. The van der Waals surface area contributed by atoms with Gasteiger partial charge in [-0.05, 0) is 37.4 Å². The maximum absolute atomic E-state index is 6.63. The first-order valence-corrected chi connectivity index (χ1v) is 12.6. The van der Waals surface area contributed by atoms with Gasteiger partial charge in [-0.15, -0.1) is 0 Å². The van der Waals surface area contributed by atoms with Gasteiger partial charge in [-0.3, -0.25) is 4.67 Å². The Bertz CT molecular complexity index is 651. The second kappa shape index (κ2) is 7.92. The van der Waals surface area contributed by atoms with Crippen LogP contribution in [0.1, 0.15) is 32.1 Å². The third-order valence-electron chi connectivity index (χ3n) is 5.80. The molecule has 0 aromatic heterocycles. The Balaban J connectivity index is 1.73. The lowest BCUT2D eigenvalue weighted by molar-refractivity contribution is 0.0515. The predicted molar refractivity (Wildman–Crippen MR) is 109 cm³/mol. The summed E-state index contributed by atoms with van der Waals surface area (Å²) in [6.07, 6.45) is 7.02. The average Bonchev–Trinajstić information content (AvgIpc) is 3.24. The molecule has 1 aromatic carbocycles. The second-order valence-electron chi connectivity index (χ2n) is 7.29. The van der Waals surface area contributed by atoms with E-state index in [2.05, 4.69) is 46.0 Å². The van der Waals surface area contributed by atoms with Gasteiger partial charge in [-0.2, -0.15) is 0 Å². The van der Waals surface area contributed by atoms with Crippen molar-refractivity contribution in [2.24, 2.45) is 0 Å². The van der Waals surface area contributed by atoms with E-state index in [0.717, 1.165) is 26.3 Å². The SMILES string of the molecule is S=P(c1ccccc1)(C1CCCC=C1N1CCOCC1)N1CCCC1. The van der Waals surface area contributed by atoms with E-state index < -0.39 is 6.19 Å². The minimum absolute atomic E-state index is 0.509. The van der Waals surface area contributed by atoms with Crippen LogP contribution in [0.3, 0.4) is 0 Å². The van der Waals surface area contributed by atoms with E-state index in [0.29, 0.717) is 5.66 Å². The molecule has 5 heteroatoms. The summed E-state index contributed by atoms with van der Waals surface area (Å²) in [6, 6.07) is 11.1. The fraction of sp³-hybridized carbons (Fsp3) is 0.600. The summed E-state index contributed by atoms with van der Waals surface area (Å²) >= 11 is 6.63. The number of rotatable bonds is 4. The number of nitrogens with zero attached hydrogens (tertiary/aromatic N) is 2. The summed E-state index contributed by atoms with van der Waals surface area (Å²) in [5.41, 5.74) is 2.04. The Morgan fingerprint density at radius 2 is 1.68 bits per heavy atom. The van der Waals surface area contributed by atoms with Crippen LogP contribution in [-0.2, 0) is 16.5 Å². The Morgan fingerprint density at radius 1 is 0.960 bits per heavy atom. The number of morpholine rings is 1. The van der Waals surface area contributed by atoms with Gasteiger partial charge in [0.05, 0.1) is 19.4 Å². The van der Waals surface area contributed by atoms with E-state index in [9.17, 15) is 0 Å². The van der Waals surface area contributed by atoms with Crippen molar-refractivity contribution in [3.05, 3.63) is 42.1 Å². The Kier molecular flexibility index (Phi) is 5.62. The third-order valence-corrected chi connectivity index (χ3v) is 11.5. The minimum atomic E-state index is -1.80. The van der Waals surface area contributed by atoms with Crippen LogP contribution in [0.2, 0.25) is 0 Å². The van der Waals surface area contributed by atoms with Gasteiger partial charge in [0.2, 0.25) is 0 Å². The average molecular weight is 377 g/mol. The van der Waals surface area contributed by atoms with Crippen LogP contribution < -0.4 is 5.30 Å². The first-order chi connectivity index (χ1) is 12.3. The van der Waals surface area contributed by atoms with Crippen LogP contribution in [0.15, 0.2) is 42.1 Å². The first kappa shape index (κ1) is 17.7. The van der Waals surface area contributed by atoms with Crippen LogP contribution in [0.5, 0.6) is 0 Å². The van der Waals surface area contributed by atoms with Crippen molar-refractivity contribution in [3.8, 4) is 0 Å². The number of benzene rings is 1. The zero-order chi connectivity index (χ0) is 17.1. The van der Waals surface area contributed by atoms with Gasteiger partial charge in [0, 0.05) is 37.5 Å². The number of hydrogen-bond donors (Lipinski definition) is 0. The van der Waals surface area contributed by atoms with E-state index in [1.807, 2.05) is 0 Å². The first-order valence-electron chi connectivity index (χ1n) is 9.73. The summed E-state index contributed by atoms with van der Waals surface area (Å²) in [7, 11) is 0. The van der Waals surface area contributed by atoms with Crippen LogP contribution in [0.4, 0.5) is 0 Å². The van der Waals surface area contributed by atoms with Gasteiger partial charge in [-0.25, -0.2) is 0 Å². The molecule has 2 heterocycles. The summed E-state index contributed by atoms with van der Waals surface area (Å²) < 4.78 is 8.30. The summed E-state index contributed by atoms with van der Waals surface area (Å²) in [6.45, 7) is 6.10.